The van der Waals surface area contributed by atoms with Crippen molar-refractivity contribution in [1.29, 1.82) is 0 Å². The molecule has 0 atom stereocenters. The molecular weight excluding hydrogens is 208 g/mol. The maximum atomic E-state index is 10.4. The first-order valence-corrected chi connectivity index (χ1v) is 3.80. The van der Waals surface area contributed by atoms with Crippen LogP contribution >= 0.6 is 15.9 Å². The monoisotopic (exact) mass is 214 g/mol. The fourth-order valence-corrected chi connectivity index (χ4v) is 1.08. The van der Waals surface area contributed by atoms with Crippen LogP contribution in [0.25, 0.3) is 0 Å². The molecular formula is C7H7BrN2O. The first-order valence-electron chi connectivity index (χ1n) is 3.01. The van der Waals surface area contributed by atoms with Gasteiger partial charge in [0.1, 0.15) is 0 Å². The Morgan fingerprint density at radius 1 is 1.45 bits per heavy atom. The van der Waals surface area contributed by atoms with Gasteiger partial charge in [-0.25, -0.2) is 4.79 Å². The molecule has 0 heterocycles. The van der Waals surface area contributed by atoms with Gasteiger partial charge in [-0.15, -0.1) is 0 Å². The quantitative estimate of drug-likeness (QED) is 0.738. The Bertz CT molecular complexity index is 275. The van der Waals surface area contributed by atoms with Crippen LogP contribution in [0.3, 0.4) is 0 Å². The van der Waals surface area contributed by atoms with E-state index in [0.717, 1.165) is 4.47 Å². The van der Waals surface area contributed by atoms with Gasteiger partial charge >= 0.3 is 6.03 Å². The smallest absolute Gasteiger partial charge is 0.316 e. The first-order chi connectivity index (χ1) is 5.20. The summed E-state index contributed by atoms with van der Waals surface area (Å²) in [4.78, 5) is 10.4. The number of nitrogens with two attached hydrogens (primary N) is 1. The molecule has 0 aliphatic carbocycles. The summed E-state index contributed by atoms with van der Waals surface area (Å²) in [6.07, 6.45) is 0. The van der Waals surface area contributed by atoms with Crippen molar-refractivity contribution in [1.82, 2.24) is 0 Å². The molecule has 2 amide bonds. The molecule has 3 nitrogen and oxygen atoms in total. The Balaban J connectivity index is 2.86. The summed E-state index contributed by atoms with van der Waals surface area (Å²) in [5.41, 5.74) is 5.60. The maximum Gasteiger partial charge on any atom is 0.316 e. The fourth-order valence-electron chi connectivity index (χ4n) is 0.695. The van der Waals surface area contributed by atoms with Crippen molar-refractivity contribution < 1.29 is 4.79 Å². The van der Waals surface area contributed by atoms with Crippen molar-refractivity contribution in [2.45, 2.75) is 0 Å². The number of nitrogens with one attached hydrogen (secondary N) is 1. The highest BCUT2D eigenvalue weighted by Crippen LogP contribution is 2.20. The third-order valence-corrected chi connectivity index (χ3v) is 1.82. The number of carbonyl (C=O) groups excluding carboxylic acids is 1. The molecule has 1 aromatic rings. The number of rotatable bonds is 1. The number of primary amides is 1. The molecule has 1 rings (SSSR count). The predicted octanol–water partition coefficient (Wildman–Crippen LogP) is 1.94. The van der Waals surface area contributed by atoms with Gasteiger partial charge in [0.2, 0.25) is 0 Å². The van der Waals surface area contributed by atoms with E-state index in [0.29, 0.717) is 5.69 Å². The minimum absolute atomic E-state index is 0.558. The molecule has 4 heteroatoms. The number of hydrogen-bond donors (Lipinski definition) is 2. The molecule has 0 saturated heterocycles. The van der Waals surface area contributed by atoms with Gasteiger partial charge in [0, 0.05) is 4.47 Å². The normalized spacial score (nSPS) is 9.18. The third kappa shape index (κ3) is 2.23. The summed E-state index contributed by atoms with van der Waals surface area (Å²) in [6, 6.07) is 6.70. The summed E-state index contributed by atoms with van der Waals surface area (Å²) in [5, 5.41) is 2.47. The second-order valence-corrected chi connectivity index (χ2v) is 2.82. The summed E-state index contributed by atoms with van der Waals surface area (Å²) in [7, 11) is 0. The standard InChI is InChI=1S/C7H7BrN2O/c8-5-3-1-2-4-6(5)10-7(9)11/h1-4H,(H3,9,10,11). The minimum Gasteiger partial charge on any atom is -0.351 e. The molecule has 11 heavy (non-hydrogen) atoms. The highest BCUT2D eigenvalue weighted by Gasteiger charge is 1.98. The molecule has 0 aromatic heterocycles. The van der Waals surface area contributed by atoms with E-state index in [1.54, 1.807) is 6.07 Å². The Labute approximate surface area is 72.7 Å². The van der Waals surface area contributed by atoms with Gasteiger partial charge in [0.15, 0.2) is 0 Å². The third-order valence-electron chi connectivity index (χ3n) is 1.13. The second-order valence-electron chi connectivity index (χ2n) is 1.97. The molecule has 58 valence electrons. The number of amides is 2. The van der Waals surface area contributed by atoms with Gasteiger partial charge in [-0.3, -0.25) is 0 Å². The molecule has 0 unspecified atom stereocenters. The lowest BCUT2D eigenvalue weighted by molar-refractivity contribution is 0.259. The molecule has 0 radical (unpaired) electrons. The van der Waals surface area contributed by atoms with Crippen LogP contribution in [0.2, 0.25) is 0 Å². The van der Waals surface area contributed by atoms with E-state index in [4.69, 9.17) is 5.73 Å². The lowest BCUT2D eigenvalue weighted by Crippen LogP contribution is -2.19. The second kappa shape index (κ2) is 3.39. The van der Waals surface area contributed by atoms with E-state index in [1.165, 1.54) is 0 Å². The SMILES string of the molecule is NC(=O)Nc1ccccc1Br. The average Bonchev–Trinajstić information content (AvgIpc) is 1.93. The number of halogens is 1. The molecule has 0 fully saturated rings. The van der Waals surface area contributed by atoms with Gasteiger partial charge in [0.05, 0.1) is 5.69 Å². The van der Waals surface area contributed by atoms with Crippen molar-refractivity contribution in [3.63, 3.8) is 0 Å². The van der Waals surface area contributed by atoms with E-state index in [2.05, 4.69) is 21.2 Å². The summed E-state index contributed by atoms with van der Waals surface area (Å²) in [5.74, 6) is 0. The number of anilines is 1. The summed E-state index contributed by atoms with van der Waals surface area (Å²) in [6.45, 7) is 0. The van der Waals surface area contributed by atoms with E-state index in [1.807, 2.05) is 18.2 Å². The topological polar surface area (TPSA) is 55.1 Å². The van der Waals surface area contributed by atoms with Crippen LogP contribution in [0, 0.1) is 0 Å². The van der Waals surface area contributed by atoms with Crippen molar-refractivity contribution in [3.8, 4) is 0 Å². The van der Waals surface area contributed by atoms with Crippen molar-refractivity contribution in [3.05, 3.63) is 28.7 Å². The number of hydrogen-bond acceptors (Lipinski definition) is 1. The van der Waals surface area contributed by atoms with Gasteiger partial charge in [0.25, 0.3) is 0 Å². The van der Waals surface area contributed by atoms with Crippen molar-refractivity contribution in [2.75, 3.05) is 5.32 Å². The Hall–Kier alpha value is -1.03. The lowest BCUT2D eigenvalue weighted by Gasteiger charge is -2.02. The summed E-state index contributed by atoms with van der Waals surface area (Å²) < 4.78 is 0.818. The van der Waals surface area contributed by atoms with Gasteiger partial charge in [-0.1, -0.05) is 12.1 Å². The average molecular weight is 215 g/mol. The first kappa shape index (κ1) is 8.07. The van der Waals surface area contributed by atoms with Gasteiger partial charge < -0.3 is 11.1 Å². The molecule has 1 aromatic carbocycles. The zero-order valence-corrected chi connectivity index (χ0v) is 7.26. The summed E-state index contributed by atoms with van der Waals surface area (Å²) >= 11 is 3.25. The van der Waals surface area contributed by atoms with Gasteiger partial charge in [-0.2, -0.15) is 0 Å². The van der Waals surface area contributed by atoms with E-state index < -0.39 is 6.03 Å². The van der Waals surface area contributed by atoms with Crippen LogP contribution in [0.5, 0.6) is 0 Å². The van der Waals surface area contributed by atoms with Crippen molar-refractivity contribution in [2.24, 2.45) is 5.73 Å². The number of para-hydroxylation sites is 1. The number of urea groups is 1. The molecule has 3 N–H and O–H groups in total. The number of benzene rings is 1. The van der Waals surface area contributed by atoms with Crippen LogP contribution in [-0.2, 0) is 0 Å². The fraction of sp³-hybridized carbons (Fsp3) is 0. The minimum atomic E-state index is -0.558. The Morgan fingerprint density at radius 3 is 2.64 bits per heavy atom. The highest BCUT2D eigenvalue weighted by molar-refractivity contribution is 9.10. The molecule has 0 spiro atoms. The van der Waals surface area contributed by atoms with Crippen LogP contribution in [0.15, 0.2) is 28.7 Å². The molecule has 0 aliphatic rings. The van der Waals surface area contributed by atoms with Crippen LogP contribution in [-0.4, -0.2) is 6.03 Å². The van der Waals surface area contributed by atoms with E-state index in [9.17, 15) is 4.79 Å². The zero-order valence-electron chi connectivity index (χ0n) is 5.67. The lowest BCUT2D eigenvalue weighted by atomic mass is 10.3. The number of carbonyl (C=O) groups is 1. The van der Waals surface area contributed by atoms with E-state index >= 15 is 0 Å². The van der Waals surface area contributed by atoms with Crippen LogP contribution in [0.1, 0.15) is 0 Å². The maximum absolute atomic E-state index is 10.4. The Kier molecular flexibility index (Phi) is 2.48. The molecule has 0 saturated carbocycles. The molecule has 0 aliphatic heterocycles. The van der Waals surface area contributed by atoms with Crippen LogP contribution in [0.4, 0.5) is 10.5 Å². The van der Waals surface area contributed by atoms with Crippen molar-refractivity contribution >= 4 is 27.6 Å². The van der Waals surface area contributed by atoms with Crippen LogP contribution < -0.4 is 11.1 Å². The predicted molar refractivity (Wildman–Crippen MR) is 47.3 cm³/mol. The molecule has 0 bridgehead atoms. The zero-order chi connectivity index (χ0) is 8.27. The highest BCUT2D eigenvalue weighted by atomic mass is 79.9. The Morgan fingerprint density at radius 2 is 2.09 bits per heavy atom. The van der Waals surface area contributed by atoms with Gasteiger partial charge in [-0.05, 0) is 28.1 Å². The van der Waals surface area contributed by atoms with E-state index in [-0.39, 0.29) is 0 Å². The largest absolute Gasteiger partial charge is 0.351 e.